The van der Waals surface area contributed by atoms with Crippen molar-refractivity contribution in [2.75, 3.05) is 71.3 Å². The summed E-state index contributed by atoms with van der Waals surface area (Å²) in [6.45, 7) is 9.71. The number of hydrogen-bond donors (Lipinski definition) is 5. The third kappa shape index (κ3) is 18.3. The van der Waals surface area contributed by atoms with Gasteiger partial charge in [-0.2, -0.15) is 0 Å². The Morgan fingerprint density at radius 2 is 1.37 bits per heavy atom. The van der Waals surface area contributed by atoms with Gasteiger partial charge < -0.3 is 45.5 Å². The molecule has 0 fully saturated rings. The van der Waals surface area contributed by atoms with Crippen LogP contribution in [0.25, 0.3) is 0 Å². The maximum atomic E-state index is 13.3. The van der Waals surface area contributed by atoms with Crippen molar-refractivity contribution in [3.8, 4) is 0 Å². The normalized spacial score (nSPS) is 12.6. The number of anilines is 1. The molecule has 7 N–H and O–H groups in total. The highest BCUT2D eigenvalue weighted by Gasteiger charge is 2.31. The molecule has 41 heavy (non-hydrogen) atoms. The number of nitrogens with two attached hydrogens (primary N) is 2. The molecule has 0 saturated heterocycles. The molecule has 0 radical (unpaired) electrons. The number of hydrogen-bond acceptors (Lipinski definition) is 9. The quantitative estimate of drug-likeness (QED) is 0.0888. The smallest absolute Gasteiger partial charge is 0.312 e. The largest absolute Gasteiger partial charge is 0.379 e. The molecule has 0 heterocycles. The molecule has 4 amide bonds. The number of carbonyl (C=O) groups excluding carboxylic acids is 3. The highest BCUT2D eigenvalue weighted by Crippen LogP contribution is 2.21. The standard InChI is InChI=1S/C28H49N5O8/c1-21(2)26(24(5-4-11-31-28(29)36)27(35)32-23-8-6-22(3)7-9-23)33-25(34)10-12-37-13-14-38-15-16-39-17-18-40-19-20-41-30/h6-9,21,24,26H,4-5,10-20,30H2,1-3H3,(H,32,35)(H,33,34)(H3,29,31,36)/t24-,26+/m1/s1. The van der Waals surface area contributed by atoms with E-state index in [2.05, 4.69) is 20.8 Å². The SMILES string of the molecule is Cc1ccc(NC(=O)[C@H](CCCNC(N)=O)[C@@H](NC(=O)CCOCCOCCOCCOCCON)C(C)C)cc1. The minimum Gasteiger partial charge on any atom is -0.379 e. The fourth-order valence-electron chi connectivity index (χ4n) is 3.90. The van der Waals surface area contributed by atoms with Gasteiger partial charge in [-0.25, -0.2) is 10.7 Å². The molecule has 1 aromatic rings. The molecule has 0 bridgehead atoms. The molecular formula is C28H49N5O8. The summed E-state index contributed by atoms with van der Waals surface area (Å²) in [5.41, 5.74) is 6.93. The Morgan fingerprint density at radius 1 is 0.829 bits per heavy atom. The molecule has 0 aromatic heterocycles. The molecule has 0 aliphatic rings. The van der Waals surface area contributed by atoms with Gasteiger partial charge in [0.25, 0.3) is 0 Å². The second-order valence-corrected chi connectivity index (χ2v) is 9.80. The lowest BCUT2D eigenvalue weighted by molar-refractivity contribution is -0.126. The molecule has 13 heteroatoms. The highest BCUT2D eigenvalue weighted by atomic mass is 16.6. The summed E-state index contributed by atoms with van der Waals surface area (Å²) in [7, 11) is 0. The number of aryl methyl sites for hydroxylation is 1. The van der Waals surface area contributed by atoms with Crippen LogP contribution in [0.1, 0.15) is 38.7 Å². The van der Waals surface area contributed by atoms with Crippen LogP contribution in [0, 0.1) is 18.8 Å². The first-order valence-corrected chi connectivity index (χ1v) is 14.1. The van der Waals surface area contributed by atoms with E-state index in [1.54, 1.807) is 0 Å². The minimum absolute atomic E-state index is 0.0140. The highest BCUT2D eigenvalue weighted by molar-refractivity contribution is 5.93. The van der Waals surface area contributed by atoms with E-state index in [4.69, 9.17) is 30.6 Å². The van der Waals surface area contributed by atoms with Crippen molar-refractivity contribution < 1.29 is 38.2 Å². The molecule has 234 valence electrons. The Kier molecular flexibility index (Phi) is 20.2. The fourth-order valence-corrected chi connectivity index (χ4v) is 3.90. The zero-order valence-electron chi connectivity index (χ0n) is 24.7. The first-order chi connectivity index (χ1) is 19.7. The van der Waals surface area contributed by atoms with Crippen molar-refractivity contribution in [3.63, 3.8) is 0 Å². The second kappa shape index (κ2) is 22.8. The first-order valence-electron chi connectivity index (χ1n) is 14.1. The van der Waals surface area contributed by atoms with E-state index >= 15 is 0 Å². The van der Waals surface area contributed by atoms with Gasteiger partial charge in [0.2, 0.25) is 11.8 Å². The molecule has 1 aromatic carbocycles. The number of nitrogens with one attached hydrogen (secondary N) is 3. The summed E-state index contributed by atoms with van der Waals surface area (Å²) in [5, 5.41) is 8.53. The van der Waals surface area contributed by atoms with Crippen LogP contribution in [0.2, 0.25) is 0 Å². The van der Waals surface area contributed by atoms with Crippen LogP contribution in [0.5, 0.6) is 0 Å². The first kappa shape index (κ1) is 36.2. The van der Waals surface area contributed by atoms with E-state index in [9.17, 15) is 14.4 Å². The topological polar surface area (TPSA) is 185 Å². The number of primary amides is 1. The monoisotopic (exact) mass is 583 g/mol. The molecule has 0 aliphatic carbocycles. The Labute approximate surface area is 243 Å². The van der Waals surface area contributed by atoms with Gasteiger partial charge in [-0.05, 0) is 37.8 Å². The van der Waals surface area contributed by atoms with Gasteiger partial charge in [0.05, 0.1) is 65.4 Å². The average Bonchev–Trinajstić information content (AvgIpc) is 2.93. The Hall–Kier alpha value is -2.81. The molecule has 2 atom stereocenters. The van der Waals surface area contributed by atoms with Gasteiger partial charge in [0, 0.05) is 24.7 Å². The van der Waals surface area contributed by atoms with Gasteiger partial charge >= 0.3 is 6.03 Å². The van der Waals surface area contributed by atoms with Crippen molar-refractivity contribution in [2.24, 2.45) is 23.5 Å². The van der Waals surface area contributed by atoms with Crippen molar-refractivity contribution >= 4 is 23.5 Å². The van der Waals surface area contributed by atoms with E-state index in [1.807, 2.05) is 45.0 Å². The lowest BCUT2D eigenvalue weighted by Crippen LogP contribution is -2.48. The summed E-state index contributed by atoms with van der Waals surface area (Å²) in [4.78, 5) is 41.5. The summed E-state index contributed by atoms with van der Waals surface area (Å²) in [6, 6.07) is 6.49. The van der Waals surface area contributed by atoms with Crippen molar-refractivity contribution in [3.05, 3.63) is 29.8 Å². The van der Waals surface area contributed by atoms with Gasteiger partial charge in [-0.15, -0.1) is 0 Å². The lowest BCUT2D eigenvalue weighted by Gasteiger charge is -2.30. The number of rotatable bonds is 24. The van der Waals surface area contributed by atoms with E-state index in [0.717, 1.165) is 5.56 Å². The molecule has 0 saturated carbocycles. The zero-order valence-corrected chi connectivity index (χ0v) is 24.7. The summed E-state index contributed by atoms with van der Waals surface area (Å²) >= 11 is 0. The maximum Gasteiger partial charge on any atom is 0.312 e. The van der Waals surface area contributed by atoms with E-state index in [-0.39, 0.29) is 30.8 Å². The summed E-state index contributed by atoms with van der Waals surface area (Å²) < 4.78 is 21.6. The van der Waals surface area contributed by atoms with Crippen LogP contribution in [0.3, 0.4) is 0 Å². The Morgan fingerprint density at radius 3 is 1.88 bits per heavy atom. The van der Waals surface area contributed by atoms with Crippen molar-refractivity contribution in [2.45, 2.75) is 46.1 Å². The van der Waals surface area contributed by atoms with Crippen LogP contribution in [0.15, 0.2) is 24.3 Å². The molecule has 0 unspecified atom stereocenters. The Bertz CT molecular complexity index is 856. The van der Waals surface area contributed by atoms with Crippen LogP contribution in [-0.2, 0) is 33.4 Å². The maximum absolute atomic E-state index is 13.3. The van der Waals surface area contributed by atoms with Crippen LogP contribution >= 0.6 is 0 Å². The van der Waals surface area contributed by atoms with Gasteiger partial charge in [0.1, 0.15) is 0 Å². The van der Waals surface area contributed by atoms with Crippen molar-refractivity contribution in [1.29, 1.82) is 0 Å². The third-order valence-corrected chi connectivity index (χ3v) is 6.06. The predicted molar refractivity (Wildman–Crippen MR) is 155 cm³/mol. The number of ether oxygens (including phenoxy) is 4. The number of benzene rings is 1. The summed E-state index contributed by atoms with van der Waals surface area (Å²) in [5.74, 6) is 3.97. The van der Waals surface area contributed by atoms with Gasteiger partial charge in [0.15, 0.2) is 0 Å². The second-order valence-electron chi connectivity index (χ2n) is 9.80. The minimum atomic E-state index is -0.617. The van der Waals surface area contributed by atoms with Crippen LogP contribution in [-0.4, -0.2) is 89.9 Å². The average molecular weight is 584 g/mol. The molecule has 0 spiro atoms. The van der Waals surface area contributed by atoms with E-state index in [0.29, 0.717) is 77.9 Å². The van der Waals surface area contributed by atoms with Gasteiger partial charge in [-0.1, -0.05) is 31.5 Å². The van der Waals surface area contributed by atoms with Gasteiger partial charge in [-0.3, -0.25) is 9.59 Å². The van der Waals surface area contributed by atoms with E-state index in [1.165, 1.54) is 0 Å². The number of urea groups is 1. The Balaban J connectivity index is 2.43. The molecule has 1 rings (SSSR count). The molecule has 0 aliphatic heterocycles. The van der Waals surface area contributed by atoms with Crippen molar-refractivity contribution in [1.82, 2.24) is 10.6 Å². The fraction of sp³-hybridized carbons (Fsp3) is 0.679. The molecule has 13 nitrogen and oxygen atoms in total. The number of amides is 4. The third-order valence-electron chi connectivity index (χ3n) is 6.06. The van der Waals surface area contributed by atoms with Crippen LogP contribution < -0.4 is 27.6 Å². The van der Waals surface area contributed by atoms with E-state index < -0.39 is 18.0 Å². The summed E-state index contributed by atoms with van der Waals surface area (Å²) in [6.07, 6.45) is 1.13. The molecular weight excluding hydrogens is 534 g/mol. The lowest BCUT2D eigenvalue weighted by atomic mass is 9.86. The van der Waals surface area contributed by atoms with Crippen LogP contribution in [0.4, 0.5) is 10.5 Å². The predicted octanol–water partition coefficient (Wildman–Crippen LogP) is 1.49. The zero-order chi connectivity index (χ0) is 30.3. The number of carbonyl (C=O) groups is 3.